The molecular weight excluding hydrogens is 200 g/mol. The standard InChI is InChI=1S/C12H20N4/c1-2-16(12-7-5-9-14-15-12)10-11-6-3-4-8-13-11/h5,7,9,11,13H,2-4,6,8,10H2,1H3. The first-order valence-corrected chi connectivity index (χ1v) is 6.16. The maximum absolute atomic E-state index is 4.16. The van der Waals surface area contributed by atoms with Crippen LogP contribution in [0.25, 0.3) is 0 Å². The highest BCUT2D eigenvalue weighted by atomic mass is 15.3. The highest BCUT2D eigenvalue weighted by molar-refractivity contribution is 5.36. The first-order valence-electron chi connectivity index (χ1n) is 6.16. The largest absolute Gasteiger partial charge is 0.354 e. The number of anilines is 1. The minimum Gasteiger partial charge on any atom is -0.354 e. The van der Waals surface area contributed by atoms with E-state index in [0.29, 0.717) is 6.04 Å². The molecule has 0 aliphatic carbocycles. The van der Waals surface area contributed by atoms with Gasteiger partial charge in [-0.3, -0.25) is 0 Å². The van der Waals surface area contributed by atoms with E-state index in [9.17, 15) is 0 Å². The van der Waals surface area contributed by atoms with Gasteiger partial charge < -0.3 is 10.2 Å². The van der Waals surface area contributed by atoms with Gasteiger partial charge in [-0.05, 0) is 38.4 Å². The molecule has 2 rings (SSSR count). The summed E-state index contributed by atoms with van der Waals surface area (Å²) in [7, 11) is 0. The number of likely N-dealkylation sites (N-methyl/N-ethyl adjacent to an activating group) is 1. The minimum absolute atomic E-state index is 0.607. The summed E-state index contributed by atoms with van der Waals surface area (Å²) in [5.74, 6) is 0.984. The third-order valence-corrected chi connectivity index (χ3v) is 3.12. The van der Waals surface area contributed by atoms with Crippen molar-refractivity contribution in [1.82, 2.24) is 15.5 Å². The molecule has 0 spiro atoms. The van der Waals surface area contributed by atoms with Crippen molar-refractivity contribution in [2.45, 2.75) is 32.2 Å². The van der Waals surface area contributed by atoms with Crippen molar-refractivity contribution in [1.29, 1.82) is 0 Å². The first-order chi connectivity index (χ1) is 7.90. The van der Waals surface area contributed by atoms with Crippen LogP contribution in [0.4, 0.5) is 5.82 Å². The van der Waals surface area contributed by atoms with Crippen LogP contribution in [0.5, 0.6) is 0 Å². The van der Waals surface area contributed by atoms with Crippen molar-refractivity contribution >= 4 is 5.82 Å². The van der Waals surface area contributed by atoms with E-state index in [4.69, 9.17) is 0 Å². The molecule has 1 aliphatic heterocycles. The molecule has 1 N–H and O–H groups in total. The van der Waals surface area contributed by atoms with Gasteiger partial charge in [0.05, 0.1) is 0 Å². The second-order valence-electron chi connectivity index (χ2n) is 4.27. The Balaban J connectivity index is 1.94. The lowest BCUT2D eigenvalue weighted by molar-refractivity contribution is 0.399. The van der Waals surface area contributed by atoms with Crippen LogP contribution in [0.15, 0.2) is 18.3 Å². The molecule has 1 atom stereocenters. The van der Waals surface area contributed by atoms with Gasteiger partial charge in [0, 0.05) is 25.3 Å². The third-order valence-electron chi connectivity index (χ3n) is 3.12. The molecular formula is C12H20N4. The fourth-order valence-corrected chi connectivity index (χ4v) is 2.19. The normalized spacial score (nSPS) is 20.7. The average molecular weight is 220 g/mol. The van der Waals surface area contributed by atoms with Crippen molar-refractivity contribution in [3.05, 3.63) is 18.3 Å². The highest BCUT2D eigenvalue weighted by Gasteiger charge is 2.16. The molecule has 1 saturated heterocycles. The molecule has 0 amide bonds. The molecule has 88 valence electrons. The Bertz CT molecular complexity index is 295. The summed E-state index contributed by atoms with van der Waals surface area (Å²) >= 11 is 0. The SMILES string of the molecule is CCN(CC1CCCCN1)c1cccnn1. The quantitative estimate of drug-likeness (QED) is 0.833. The fourth-order valence-electron chi connectivity index (χ4n) is 2.19. The maximum atomic E-state index is 4.16. The molecule has 4 nitrogen and oxygen atoms in total. The van der Waals surface area contributed by atoms with E-state index in [1.807, 2.05) is 12.1 Å². The van der Waals surface area contributed by atoms with Crippen LogP contribution in [-0.2, 0) is 0 Å². The van der Waals surface area contributed by atoms with E-state index < -0.39 is 0 Å². The van der Waals surface area contributed by atoms with Crippen LogP contribution in [0.3, 0.4) is 0 Å². The van der Waals surface area contributed by atoms with Crippen LogP contribution in [0.1, 0.15) is 26.2 Å². The van der Waals surface area contributed by atoms with E-state index in [0.717, 1.165) is 25.5 Å². The number of hydrogen-bond donors (Lipinski definition) is 1. The van der Waals surface area contributed by atoms with Gasteiger partial charge in [-0.15, -0.1) is 5.10 Å². The number of piperidine rings is 1. The summed E-state index contributed by atoms with van der Waals surface area (Å²) < 4.78 is 0. The number of rotatable bonds is 4. The predicted molar refractivity (Wildman–Crippen MR) is 65.6 cm³/mol. The number of hydrogen-bond acceptors (Lipinski definition) is 4. The summed E-state index contributed by atoms with van der Waals surface area (Å²) in [4.78, 5) is 2.29. The van der Waals surface area contributed by atoms with Crippen molar-refractivity contribution in [2.24, 2.45) is 0 Å². The molecule has 1 aromatic heterocycles. The molecule has 1 fully saturated rings. The molecule has 0 aromatic carbocycles. The molecule has 16 heavy (non-hydrogen) atoms. The lowest BCUT2D eigenvalue weighted by atomic mass is 10.0. The van der Waals surface area contributed by atoms with Gasteiger partial charge in [0.15, 0.2) is 5.82 Å². The van der Waals surface area contributed by atoms with Gasteiger partial charge >= 0.3 is 0 Å². The zero-order valence-corrected chi connectivity index (χ0v) is 9.89. The molecule has 0 saturated carbocycles. The molecule has 2 heterocycles. The lowest BCUT2D eigenvalue weighted by Gasteiger charge is -2.30. The molecule has 0 radical (unpaired) electrons. The zero-order valence-electron chi connectivity index (χ0n) is 9.89. The number of aromatic nitrogens is 2. The van der Waals surface area contributed by atoms with Gasteiger partial charge in [-0.1, -0.05) is 6.42 Å². The first kappa shape index (κ1) is 11.3. The van der Waals surface area contributed by atoms with Crippen LogP contribution >= 0.6 is 0 Å². The summed E-state index contributed by atoms with van der Waals surface area (Å²) in [5.41, 5.74) is 0. The summed E-state index contributed by atoms with van der Waals surface area (Å²) in [6, 6.07) is 4.58. The second kappa shape index (κ2) is 5.80. The van der Waals surface area contributed by atoms with Gasteiger partial charge in [0.2, 0.25) is 0 Å². The van der Waals surface area contributed by atoms with Crippen LogP contribution in [-0.4, -0.2) is 35.9 Å². The molecule has 1 aliphatic rings. The van der Waals surface area contributed by atoms with Crippen molar-refractivity contribution in [3.8, 4) is 0 Å². The Morgan fingerprint density at radius 2 is 2.44 bits per heavy atom. The minimum atomic E-state index is 0.607. The van der Waals surface area contributed by atoms with Crippen molar-refractivity contribution in [3.63, 3.8) is 0 Å². The Labute approximate surface area is 97.1 Å². The lowest BCUT2D eigenvalue weighted by Crippen LogP contribution is -2.44. The zero-order chi connectivity index (χ0) is 11.2. The van der Waals surface area contributed by atoms with Crippen molar-refractivity contribution in [2.75, 3.05) is 24.5 Å². The monoisotopic (exact) mass is 220 g/mol. The van der Waals surface area contributed by atoms with Gasteiger partial charge in [0.25, 0.3) is 0 Å². The molecule has 0 bridgehead atoms. The average Bonchev–Trinajstić information content (AvgIpc) is 2.38. The number of nitrogens with one attached hydrogen (secondary N) is 1. The van der Waals surface area contributed by atoms with E-state index >= 15 is 0 Å². The maximum Gasteiger partial charge on any atom is 0.151 e. The summed E-state index contributed by atoms with van der Waals surface area (Å²) in [6.45, 7) is 5.34. The van der Waals surface area contributed by atoms with E-state index in [1.54, 1.807) is 6.20 Å². The van der Waals surface area contributed by atoms with Gasteiger partial charge in [-0.25, -0.2) is 0 Å². The van der Waals surface area contributed by atoms with Crippen molar-refractivity contribution < 1.29 is 0 Å². The van der Waals surface area contributed by atoms with Crippen LogP contribution in [0.2, 0.25) is 0 Å². The molecule has 4 heteroatoms. The number of nitrogens with zero attached hydrogens (tertiary/aromatic N) is 3. The second-order valence-corrected chi connectivity index (χ2v) is 4.27. The van der Waals surface area contributed by atoms with E-state index in [1.165, 1.54) is 19.3 Å². The summed E-state index contributed by atoms with van der Waals surface area (Å²) in [6.07, 6.45) is 5.65. The highest BCUT2D eigenvalue weighted by Crippen LogP contribution is 2.13. The summed E-state index contributed by atoms with van der Waals surface area (Å²) in [5, 5.41) is 11.7. The predicted octanol–water partition coefficient (Wildman–Crippen LogP) is 1.44. The Morgan fingerprint density at radius 3 is 3.06 bits per heavy atom. The smallest absolute Gasteiger partial charge is 0.151 e. The third kappa shape index (κ3) is 2.92. The Kier molecular flexibility index (Phi) is 4.10. The Morgan fingerprint density at radius 1 is 1.50 bits per heavy atom. The van der Waals surface area contributed by atoms with Gasteiger partial charge in [0.1, 0.15) is 0 Å². The van der Waals surface area contributed by atoms with E-state index in [-0.39, 0.29) is 0 Å². The molecule has 1 unspecified atom stereocenters. The fraction of sp³-hybridized carbons (Fsp3) is 0.667. The van der Waals surface area contributed by atoms with Crippen LogP contribution < -0.4 is 10.2 Å². The van der Waals surface area contributed by atoms with Crippen LogP contribution in [0, 0.1) is 0 Å². The Hall–Kier alpha value is -1.16. The topological polar surface area (TPSA) is 41.0 Å². The van der Waals surface area contributed by atoms with E-state index in [2.05, 4.69) is 27.3 Å². The van der Waals surface area contributed by atoms with Gasteiger partial charge in [-0.2, -0.15) is 5.10 Å². The molecule has 1 aromatic rings.